The molecule has 0 fully saturated rings. The van der Waals surface area contributed by atoms with E-state index in [1.54, 1.807) is 11.3 Å². The van der Waals surface area contributed by atoms with Crippen LogP contribution < -0.4 is 5.32 Å². The number of halogens is 1. The van der Waals surface area contributed by atoms with Crippen molar-refractivity contribution in [3.63, 3.8) is 0 Å². The van der Waals surface area contributed by atoms with E-state index in [1.807, 2.05) is 37.5 Å². The minimum absolute atomic E-state index is 0.328. The Hall–Kier alpha value is -0.900. The maximum atomic E-state index is 6.13. The summed E-state index contributed by atoms with van der Waals surface area (Å²) < 4.78 is 0. The second kappa shape index (κ2) is 4.95. The fourth-order valence-corrected chi connectivity index (χ4v) is 2.69. The van der Waals surface area contributed by atoms with Gasteiger partial charge in [-0.15, -0.1) is 11.3 Å². The molecule has 2 nitrogen and oxygen atoms in total. The second-order valence-corrected chi connectivity index (χ2v) is 5.03. The zero-order valence-electron chi connectivity index (χ0n) is 9.20. The van der Waals surface area contributed by atoms with Crippen molar-refractivity contribution in [2.75, 3.05) is 7.05 Å². The molecule has 0 aliphatic carbocycles. The Morgan fingerprint density at radius 3 is 2.81 bits per heavy atom. The number of aromatic nitrogens is 1. The molecule has 1 aromatic carbocycles. The van der Waals surface area contributed by atoms with Gasteiger partial charge in [-0.25, -0.2) is 4.98 Å². The lowest BCUT2D eigenvalue weighted by atomic mass is 10.2. The highest BCUT2D eigenvalue weighted by molar-refractivity contribution is 7.15. The molecular formula is C12H13ClN2S. The Morgan fingerprint density at radius 2 is 2.12 bits per heavy atom. The minimum atomic E-state index is 0.328. The summed E-state index contributed by atoms with van der Waals surface area (Å²) in [6.45, 7) is 2.11. The van der Waals surface area contributed by atoms with Gasteiger partial charge in [-0.05, 0) is 20.0 Å². The van der Waals surface area contributed by atoms with Gasteiger partial charge in [0.1, 0.15) is 5.01 Å². The smallest absolute Gasteiger partial charge is 0.125 e. The highest BCUT2D eigenvalue weighted by atomic mass is 35.5. The Balaban J connectivity index is 2.35. The Kier molecular flexibility index (Phi) is 3.59. The lowest BCUT2D eigenvalue weighted by Gasteiger charge is -2.05. The van der Waals surface area contributed by atoms with Gasteiger partial charge in [-0.2, -0.15) is 0 Å². The van der Waals surface area contributed by atoms with Crippen molar-refractivity contribution in [2.24, 2.45) is 0 Å². The molecule has 16 heavy (non-hydrogen) atoms. The molecule has 0 bridgehead atoms. The highest BCUT2D eigenvalue weighted by Crippen LogP contribution is 2.32. The fraction of sp³-hybridized carbons (Fsp3) is 0.250. The van der Waals surface area contributed by atoms with Crippen molar-refractivity contribution in [2.45, 2.75) is 13.0 Å². The van der Waals surface area contributed by atoms with Gasteiger partial charge in [0.2, 0.25) is 0 Å². The quantitative estimate of drug-likeness (QED) is 0.900. The molecule has 1 N–H and O–H groups in total. The van der Waals surface area contributed by atoms with E-state index in [0.717, 1.165) is 15.6 Å². The molecular weight excluding hydrogens is 240 g/mol. The van der Waals surface area contributed by atoms with Gasteiger partial charge in [0, 0.05) is 22.7 Å². The van der Waals surface area contributed by atoms with Crippen LogP contribution >= 0.6 is 22.9 Å². The third-order valence-electron chi connectivity index (χ3n) is 2.49. The molecule has 0 aliphatic rings. The maximum Gasteiger partial charge on any atom is 0.125 e. The normalized spacial score (nSPS) is 12.7. The van der Waals surface area contributed by atoms with E-state index in [0.29, 0.717) is 6.04 Å². The SMILES string of the molecule is CNC(C)c1cnc(-c2ccccc2Cl)s1. The minimum Gasteiger partial charge on any atom is -0.312 e. The number of benzene rings is 1. The molecule has 4 heteroatoms. The lowest BCUT2D eigenvalue weighted by molar-refractivity contribution is 0.662. The molecule has 2 rings (SSSR count). The van der Waals surface area contributed by atoms with Gasteiger partial charge in [0.15, 0.2) is 0 Å². The number of nitrogens with zero attached hydrogens (tertiary/aromatic N) is 1. The summed E-state index contributed by atoms with van der Waals surface area (Å²) in [5.74, 6) is 0. The summed E-state index contributed by atoms with van der Waals surface area (Å²) >= 11 is 7.81. The van der Waals surface area contributed by atoms with Crippen LogP contribution in [-0.4, -0.2) is 12.0 Å². The largest absolute Gasteiger partial charge is 0.312 e. The van der Waals surface area contributed by atoms with E-state index in [4.69, 9.17) is 11.6 Å². The fourth-order valence-electron chi connectivity index (χ4n) is 1.39. The molecule has 1 atom stereocenters. The van der Waals surface area contributed by atoms with Crippen LogP contribution in [0.3, 0.4) is 0 Å². The predicted octanol–water partition coefficient (Wildman–Crippen LogP) is 3.74. The van der Waals surface area contributed by atoms with E-state index < -0.39 is 0 Å². The highest BCUT2D eigenvalue weighted by Gasteiger charge is 2.10. The van der Waals surface area contributed by atoms with Crippen molar-refractivity contribution < 1.29 is 0 Å². The van der Waals surface area contributed by atoms with Crippen LogP contribution in [0.2, 0.25) is 5.02 Å². The van der Waals surface area contributed by atoms with Crippen LogP contribution in [0.5, 0.6) is 0 Å². The van der Waals surface area contributed by atoms with Gasteiger partial charge in [-0.1, -0.05) is 29.8 Å². The molecule has 0 saturated heterocycles. The zero-order chi connectivity index (χ0) is 11.5. The molecule has 1 aromatic heterocycles. The standard InChI is InChI=1S/C12H13ClN2S/c1-8(14-2)11-7-15-12(16-11)9-5-3-4-6-10(9)13/h3-8,14H,1-2H3. The molecule has 1 unspecified atom stereocenters. The first-order valence-electron chi connectivity index (χ1n) is 5.10. The van der Waals surface area contributed by atoms with Gasteiger partial charge in [0.05, 0.1) is 5.02 Å². The van der Waals surface area contributed by atoms with Crippen LogP contribution in [0.1, 0.15) is 17.8 Å². The van der Waals surface area contributed by atoms with Gasteiger partial charge in [0.25, 0.3) is 0 Å². The molecule has 0 amide bonds. The molecule has 0 saturated carbocycles. The van der Waals surface area contributed by atoms with Gasteiger partial charge in [-0.3, -0.25) is 0 Å². The van der Waals surface area contributed by atoms with E-state index in [-0.39, 0.29) is 0 Å². The summed E-state index contributed by atoms with van der Waals surface area (Å²) in [6, 6.07) is 8.11. The van der Waals surface area contributed by atoms with E-state index >= 15 is 0 Å². The van der Waals surface area contributed by atoms with E-state index in [1.165, 1.54) is 4.88 Å². The van der Waals surface area contributed by atoms with Crippen LogP contribution in [0.25, 0.3) is 10.6 Å². The van der Waals surface area contributed by atoms with Crippen molar-refractivity contribution in [3.8, 4) is 10.6 Å². The molecule has 1 heterocycles. The van der Waals surface area contributed by atoms with Crippen LogP contribution in [0, 0.1) is 0 Å². The number of hydrogen-bond donors (Lipinski definition) is 1. The summed E-state index contributed by atoms with van der Waals surface area (Å²) in [6.07, 6.45) is 1.91. The van der Waals surface area contributed by atoms with Crippen molar-refractivity contribution in [1.82, 2.24) is 10.3 Å². The second-order valence-electron chi connectivity index (χ2n) is 3.56. The Morgan fingerprint density at radius 1 is 1.38 bits per heavy atom. The molecule has 2 aromatic rings. The maximum absolute atomic E-state index is 6.13. The number of rotatable bonds is 3. The van der Waals surface area contributed by atoms with E-state index in [9.17, 15) is 0 Å². The number of thiazole rings is 1. The topological polar surface area (TPSA) is 24.9 Å². The average Bonchev–Trinajstić information content (AvgIpc) is 2.78. The summed E-state index contributed by atoms with van der Waals surface area (Å²) in [4.78, 5) is 5.63. The van der Waals surface area contributed by atoms with Crippen molar-refractivity contribution in [3.05, 3.63) is 40.4 Å². The molecule has 0 spiro atoms. The first-order valence-corrected chi connectivity index (χ1v) is 6.29. The van der Waals surface area contributed by atoms with Crippen LogP contribution in [-0.2, 0) is 0 Å². The van der Waals surface area contributed by atoms with Crippen LogP contribution in [0.15, 0.2) is 30.5 Å². The molecule has 0 radical (unpaired) electrons. The third-order valence-corrected chi connectivity index (χ3v) is 4.03. The van der Waals surface area contributed by atoms with E-state index in [2.05, 4.69) is 17.2 Å². The monoisotopic (exact) mass is 252 g/mol. The lowest BCUT2D eigenvalue weighted by Crippen LogP contribution is -2.10. The number of nitrogens with one attached hydrogen (secondary N) is 1. The first-order chi connectivity index (χ1) is 7.72. The van der Waals surface area contributed by atoms with Crippen molar-refractivity contribution >= 4 is 22.9 Å². The zero-order valence-corrected chi connectivity index (χ0v) is 10.8. The summed E-state index contributed by atoms with van der Waals surface area (Å²) in [7, 11) is 1.94. The Labute approximate surface area is 104 Å². The summed E-state index contributed by atoms with van der Waals surface area (Å²) in [5, 5.41) is 4.92. The first kappa shape index (κ1) is 11.6. The molecule has 0 aliphatic heterocycles. The average molecular weight is 253 g/mol. The summed E-state index contributed by atoms with van der Waals surface area (Å²) in [5.41, 5.74) is 1.00. The third kappa shape index (κ3) is 2.26. The van der Waals surface area contributed by atoms with Gasteiger partial charge < -0.3 is 5.32 Å². The molecule has 84 valence electrons. The van der Waals surface area contributed by atoms with Crippen LogP contribution in [0.4, 0.5) is 0 Å². The predicted molar refractivity (Wildman–Crippen MR) is 70.0 cm³/mol. The van der Waals surface area contributed by atoms with Gasteiger partial charge >= 0.3 is 0 Å². The van der Waals surface area contributed by atoms with Crippen molar-refractivity contribution in [1.29, 1.82) is 0 Å². The Bertz CT molecular complexity index is 481. The number of hydrogen-bond acceptors (Lipinski definition) is 3.